The van der Waals surface area contributed by atoms with Crippen LogP contribution >= 0.6 is 0 Å². The van der Waals surface area contributed by atoms with Crippen LogP contribution in [0.25, 0.3) is 11.4 Å². The van der Waals surface area contributed by atoms with Gasteiger partial charge in [-0.25, -0.2) is 4.79 Å². The van der Waals surface area contributed by atoms with Gasteiger partial charge in [0.1, 0.15) is 11.5 Å². The Morgan fingerprint density at radius 1 is 1.07 bits per heavy atom. The number of amides is 2. The van der Waals surface area contributed by atoms with Crippen molar-refractivity contribution in [2.24, 2.45) is 0 Å². The highest BCUT2D eigenvalue weighted by molar-refractivity contribution is 5.89. The molecular formula is C22H24N4O4. The Morgan fingerprint density at radius 2 is 1.73 bits per heavy atom. The van der Waals surface area contributed by atoms with Crippen molar-refractivity contribution in [2.75, 3.05) is 32.6 Å². The largest absolute Gasteiger partial charge is 0.497 e. The molecule has 1 aromatic heterocycles. The molecule has 8 heteroatoms. The van der Waals surface area contributed by atoms with Crippen LogP contribution in [-0.2, 0) is 0 Å². The summed E-state index contributed by atoms with van der Waals surface area (Å²) in [6, 6.07) is 14.6. The SMILES string of the molecule is COc1ccc(NC(=O)N2CCC[C@@H](c3nc(-c4ccc(OC)cc4)no3)C2)cc1. The van der Waals surface area contributed by atoms with Gasteiger partial charge in [0.15, 0.2) is 0 Å². The molecule has 2 heterocycles. The molecule has 0 saturated carbocycles. The van der Waals surface area contributed by atoms with Crippen molar-refractivity contribution in [1.82, 2.24) is 15.0 Å². The Hall–Kier alpha value is -3.55. The lowest BCUT2D eigenvalue weighted by Crippen LogP contribution is -2.41. The van der Waals surface area contributed by atoms with E-state index in [4.69, 9.17) is 14.0 Å². The monoisotopic (exact) mass is 408 g/mol. The summed E-state index contributed by atoms with van der Waals surface area (Å²) in [5, 5.41) is 7.04. The molecule has 0 radical (unpaired) electrons. The summed E-state index contributed by atoms with van der Waals surface area (Å²) in [6.45, 7) is 1.23. The first-order valence-corrected chi connectivity index (χ1v) is 9.84. The van der Waals surface area contributed by atoms with E-state index in [2.05, 4.69) is 15.5 Å². The van der Waals surface area contributed by atoms with Gasteiger partial charge in [-0.1, -0.05) is 5.16 Å². The third-order valence-corrected chi connectivity index (χ3v) is 5.19. The van der Waals surface area contributed by atoms with Crippen molar-refractivity contribution < 1.29 is 18.8 Å². The number of hydrogen-bond donors (Lipinski definition) is 1. The number of ether oxygens (including phenoxy) is 2. The number of rotatable bonds is 5. The van der Waals surface area contributed by atoms with E-state index in [9.17, 15) is 4.79 Å². The molecule has 0 spiro atoms. The van der Waals surface area contributed by atoms with Gasteiger partial charge in [0.25, 0.3) is 0 Å². The summed E-state index contributed by atoms with van der Waals surface area (Å²) in [5.41, 5.74) is 1.58. The van der Waals surface area contributed by atoms with Gasteiger partial charge in [0.2, 0.25) is 11.7 Å². The van der Waals surface area contributed by atoms with Gasteiger partial charge in [0, 0.05) is 24.3 Å². The van der Waals surface area contributed by atoms with Gasteiger partial charge in [-0.15, -0.1) is 0 Å². The lowest BCUT2D eigenvalue weighted by atomic mass is 9.98. The number of benzene rings is 2. The Bertz CT molecular complexity index is 985. The molecule has 156 valence electrons. The highest BCUT2D eigenvalue weighted by atomic mass is 16.5. The van der Waals surface area contributed by atoms with Gasteiger partial charge in [-0.3, -0.25) is 0 Å². The van der Waals surface area contributed by atoms with Crippen molar-refractivity contribution >= 4 is 11.7 Å². The predicted molar refractivity (Wildman–Crippen MR) is 112 cm³/mol. The number of hydrogen-bond acceptors (Lipinski definition) is 6. The average Bonchev–Trinajstić information content (AvgIpc) is 3.30. The fourth-order valence-electron chi connectivity index (χ4n) is 3.50. The third-order valence-electron chi connectivity index (χ3n) is 5.19. The second-order valence-corrected chi connectivity index (χ2v) is 7.13. The second-order valence-electron chi connectivity index (χ2n) is 7.13. The summed E-state index contributed by atoms with van der Waals surface area (Å²) >= 11 is 0. The molecule has 2 amide bonds. The molecule has 0 bridgehead atoms. The van der Waals surface area contributed by atoms with Crippen LogP contribution in [0.1, 0.15) is 24.7 Å². The summed E-state index contributed by atoms with van der Waals surface area (Å²) in [7, 11) is 3.24. The number of aromatic nitrogens is 2. The van der Waals surface area contributed by atoms with E-state index in [1.807, 2.05) is 48.5 Å². The van der Waals surface area contributed by atoms with E-state index in [0.29, 0.717) is 24.8 Å². The van der Waals surface area contributed by atoms with E-state index in [1.165, 1.54) is 0 Å². The number of piperidine rings is 1. The van der Waals surface area contributed by atoms with E-state index in [0.717, 1.165) is 35.6 Å². The maximum absolute atomic E-state index is 12.7. The number of carbonyl (C=O) groups excluding carboxylic acids is 1. The van der Waals surface area contributed by atoms with E-state index < -0.39 is 0 Å². The topological polar surface area (TPSA) is 89.7 Å². The molecule has 1 fully saturated rings. The molecule has 1 atom stereocenters. The number of nitrogens with zero attached hydrogens (tertiary/aromatic N) is 3. The van der Waals surface area contributed by atoms with Gasteiger partial charge in [-0.2, -0.15) is 4.98 Å². The van der Waals surface area contributed by atoms with Crippen LogP contribution in [0.2, 0.25) is 0 Å². The van der Waals surface area contributed by atoms with Crippen molar-refractivity contribution in [1.29, 1.82) is 0 Å². The maximum Gasteiger partial charge on any atom is 0.321 e. The number of likely N-dealkylation sites (tertiary alicyclic amines) is 1. The van der Waals surface area contributed by atoms with Gasteiger partial charge in [-0.05, 0) is 61.4 Å². The quantitative estimate of drug-likeness (QED) is 0.682. The molecule has 1 aliphatic heterocycles. The molecule has 2 aromatic carbocycles. The standard InChI is InChI=1S/C22H24N4O4/c1-28-18-9-5-15(6-10-18)20-24-21(30-25-20)16-4-3-13-26(14-16)22(27)23-17-7-11-19(29-2)12-8-17/h5-12,16H,3-4,13-14H2,1-2H3,(H,23,27)/t16-/m1/s1. The Labute approximate surface area is 174 Å². The minimum absolute atomic E-state index is 0.0138. The predicted octanol–water partition coefficient (Wildman–Crippen LogP) is 4.17. The molecule has 1 saturated heterocycles. The summed E-state index contributed by atoms with van der Waals surface area (Å²) in [5.74, 6) is 2.62. The number of carbonyl (C=O) groups is 1. The fourth-order valence-corrected chi connectivity index (χ4v) is 3.50. The van der Waals surface area contributed by atoms with E-state index >= 15 is 0 Å². The van der Waals surface area contributed by atoms with Crippen molar-refractivity contribution in [3.8, 4) is 22.9 Å². The number of methoxy groups -OCH3 is 2. The van der Waals surface area contributed by atoms with Crippen LogP contribution in [-0.4, -0.2) is 48.4 Å². The fraction of sp³-hybridized carbons (Fsp3) is 0.318. The maximum atomic E-state index is 12.7. The first-order chi connectivity index (χ1) is 14.7. The summed E-state index contributed by atoms with van der Waals surface area (Å²) < 4.78 is 15.8. The van der Waals surface area contributed by atoms with Crippen LogP contribution < -0.4 is 14.8 Å². The molecule has 0 unspecified atom stereocenters. The lowest BCUT2D eigenvalue weighted by Gasteiger charge is -2.31. The summed E-state index contributed by atoms with van der Waals surface area (Å²) in [4.78, 5) is 19.0. The summed E-state index contributed by atoms with van der Waals surface area (Å²) in [6.07, 6.45) is 1.78. The number of anilines is 1. The Kier molecular flexibility index (Phi) is 5.83. The molecule has 1 aliphatic rings. The van der Waals surface area contributed by atoms with Crippen molar-refractivity contribution in [3.05, 3.63) is 54.4 Å². The first-order valence-electron chi connectivity index (χ1n) is 9.84. The molecule has 8 nitrogen and oxygen atoms in total. The number of nitrogens with one attached hydrogen (secondary N) is 1. The zero-order valence-electron chi connectivity index (χ0n) is 17.0. The molecule has 1 N–H and O–H groups in total. The highest BCUT2D eigenvalue weighted by Crippen LogP contribution is 2.28. The van der Waals surface area contributed by atoms with Crippen molar-refractivity contribution in [3.63, 3.8) is 0 Å². The minimum Gasteiger partial charge on any atom is -0.497 e. The Morgan fingerprint density at radius 3 is 2.40 bits per heavy atom. The molecule has 3 aromatic rings. The van der Waals surface area contributed by atoms with E-state index in [-0.39, 0.29) is 11.9 Å². The van der Waals surface area contributed by atoms with E-state index in [1.54, 1.807) is 19.1 Å². The van der Waals surface area contributed by atoms with Crippen LogP contribution in [0.3, 0.4) is 0 Å². The zero-order valence-corrected chi connectivity index (χ0v) is 17.0. The highest BCUT2D eigenvalue weighted by Gasteiger charge is 2.28. The molecular weight excluding hydrogens is 384 g/mol. The van der Waals surface area contributed by atoms with Crippen LogP contribution in [0, 0.1) is 0 Å². The van der Waals surface area contributed by atoms with Crippen LogP contribution in [0.15, 0.2) is 53.1 Å². The van der Waals surface area contributed by atoms with Gasteiger partial charge < -0.3 is 24.2 Å². The average molecular weight is 408 g/mol. The Balaban J connectivity index is 1.40. The third kappa shape index (κ3) is 4.37. The molecule has 4 rings (SSSR count). The second kappa shape index (κ2) is 8.86. The molecule has 30 heavy (non-hydrogen) atoms. The lowest BCUT2D eigenvalue weighted by molar-refractivity contribution is 0.184. The van der Waals surface area contributed by atoms with Gasteiger partial charge >= 0.3 is 6.03 Å². The smallest absolute Gasteiger partial charge is 0.321 e. The normalized spacial score (nSPS) is 16.2. The number of urea groups is 1. The van der Waals surface area contributed by atoms with Crippen LogP contribution in [0.5, 0.6) is 11.5 Å². The first kappa shape index (κ1) is 19.8. The van der Waals surface area contributed by atoms with Gasteiger partial charge in [0.05, 0.1) is 20.1 Å². The zero-order chi connectivity index (χ0) is 20.9. The molecule has 0 aliphatic carbocycles. The van der Waals surface area contributed by atoms with Crippen LogP contribution in [0.4, 0.5) is 10.5 Å². The minimum atomic E-state index is -0.139. The van der Waals surface area contributed by atoms with Crippen molar-refractivity contribution in [2.45, 2.75) is 18.8 Å².